The van der Waals surface area contributed by atoms with E-state index in [1.807, 2.05) is 0 Å². The number of nitrogens with one attached hydrogen (secondary N) is 1. The molecule has 10 nitrogen and oxygen atoms in total. The molecule has 0 radical (unpaired) electrons. The average molecular weight is 340 g/mol. The van der Waals surface area contributed by atoms with E-state index in [1.165, 1.54) is 12.1 Å². The van der Waals surface area contributed by atoms with Crippen LogP contribution in [0.1, 0.15) is 17.4 Å². The summed E-state index contributed by atoms with van der Waals surface area (Å²) in [5, 5.41) is 27.9. The van der Waals surface area contributed by atoms with Crippen LogP contribution in [0, 0.1) is 20.2 Å². The van der Waals surface area contributed by atoms with Gasteiger partial charge >= 0.3 is 5.69 Å². The Morgan fingerprint density at radius 2 is 2.04 bits per heavy atom. The molecule has 1 aromatic heterocycles. The topological polar surface area (TPSA) is 133 Å². The molecule has 23 heavy (non-hydrogen) atoms. The largest absolute Gasteiger partial charge is 0.320 e. The van der Waals surface area contributed by atoms with E-state index in [4.69, 9.17) is 11.6 Å². The van der Waals surface area contributed by atoms with Crippen LogP contribution in [0.3, 0.4) is 0 Å². The summed E-state index contributed by atoms with van der Waals surface area (Å²) in [5.74, 6) is -0.835. The lowest BCUT2D eigenvalue weighted by atomic mass is 10.2. The van der Waals surface area contributed by atoms with E-state index in [0.717, 1.165) is 16.9 Å². The van der Waals surface area contributed by atoms with E-state index in [9.17, 15) is 25.0 Å². The lowest BCUT2D eigenvalue weighted by Gasteiger charge is -2.08. The van der Waals surface area contributed by atoms with Gasteiger partial charge in [0, 0.05) is 18.7 Å². The number of nitrogens with zero attached hydrogens (tertiary/aromatic N) is 4. The number of nitro groups is 2. The number of rotatable bonds is 5. The monoisotopic (exact) mass is 339 g/mol. The van der Waals surface area contributed by atoms with Gasteiger partial charge in [-0.15, -0.1) is 0 Å². The van der Waals surface area contributed by atoms with E-state index >= 15 is 0 Å². The summed E-state index contributed by atoms with van der Waals surface area (Å²) < 4.78 is 1.15. The van der Waals surface area contributed by atoms with Gasteiger partial charge < -0.3 is 5.32 Å². The van der Waals surface area contributed by atoms with Crippen LogP contribution < -0.4 is 5.32 Å². The van der Waals surface area contributed by atoms with Crippen molar-refractivity contribution < 1.29 is 14.6 Å². The highest BCUT2D eigenvalue weighted by Crippen LogP contribution is 2.28. The van der Waals surface area contributed by atoms with Crippen molar-refractivity contribution in [1.82, 2.24) is 9.78 Å². The Kier molecular flexibility index (Phi) is 4.55. The van der Waals surface area contributed by atoms with Crippen molar-refractivity contribution in [1.29, 1.82) is 0 Å². The molecule has 2 rings (SSSR count). The van der Waals surface area contributed by atoms with E-state index in [1.54, 1.807) is 6.92 Å². The minimum Gasteiger partial charge on any atom is -0.319 e. The van der Waals surface area contributed by atoms with Gasteiger partial charge in [0.1, 0.15) is 6.20 Å². The van der Waals surface area contributed by atoms with Gasteiger partial charge in [0.2, 0.25) is 5.69 Å². The summed E-state index contributed by atoms with van der Waals surface area (Å²) in [6, 6.07) is 3.50. The molecule has 0 fully saturated rings. The molecule has 1 heterocycles. The second-order valence-electron chi connectivity index (χ2n) is 4.33. The van der Waals surface area contributed by atoms with Crippen LogP contribution in [0.25, 0.3) is 0 Å². The summed E-state index contributed by atoms with van der Waals surface area (Å²) in [5.41, 5.74) is -1.03. The number of carbonyl (C=O) groups is 1. The Morgan fingerprint density at radius 1 is 1.35 bits per heavy atom. The number of hydrogen-bond donors (Lipinski definition) is 1. The minimum atomic E-state index is -0.835. The first-order valence-electron chi connectivity index (χ1n) is 6.30. The lowest BCUT2D eigenvalue weighted by Crippen LogP contribution is -2.19. The van der Waals surface area contributed by atoms with Gasteiger partial charge in [-0.05, 0) is 13.0 Å². The second kappa shape index (κ2) is 6.40. The highest BCUT2D eigenvalue weighted by molar-refractivity contribution is 6.34. The highest BCUT2D eigenvalue weighted by Gasteiger charge is 2.27. The molecule has 1 aromatic carbocycles. The molecule has 0 bridgehead atoms. The van der Waals surface area contributed by atoms with Crippen molar-refractivity contribution in [3.63, 3.8) is 0 Å². The fourth-order valence-electron chi connectivity index (χ4n) is 1.89. The van der Waals surface area contributed by atoms with Gasteiger partial charge in [0.25, 0.3) is 11.6 Å². The Balaban J connectivity index is 2.40. The van der Waals surface area contributed by atoms with Crippen LogP contribution in [-0.2, 0) is 6.54 Å². The normalized spacial score (nSPS) is 10.3. The van der Waals surface area contributed by atoms with Gasteiger partial charge in [-0.1, -0.05) is 11.6 Å². The van der Waals surface area contributed by atoms with Crippen LogP contribution in [0.15, 0.2) is 24.4 Å². The second-order valence-corrected chi connectivity index (χ2v) is 4.73. The quantitative estimate of drug-likeness (QED) is 0.657. The van der Waals surface area contributed by atoms with Gasteiger partial charge in [-0.2, -0.15) is 5.10 Å². The number of aromatic nitrogens is 2. The van der Waals surface area contributed by atoms with E-state index in [0.29, 0.717) is 0 Å². The SMILES string of the molecule is CCn1ncc([N+](=O)[O-])c1C(=O)Nc1cc([N+](=O)[O-])ccc1Cl. The Labute approximate surface area is 134 Å². The van der Waals surface area contributed by atoms with Gasteiger partial charge in [0.15, 0.2) is 0 Å². The maximum atomic E-state index is 12.3. The van der Waals surface area contributed by atoms with E-state index in [2.05, 4.69) is 10.4 Å². The summed E-state index contributed by atoms with van der Waals surface area (Å²) in [7, 11) is 0. The molecule has 11 heteroatoms. The molecule has 0 saturated heterocycles. The third-order valence-electron chi connectivity index (χ3n) is 2.94. The van der Waals surface area contributed by atoms with Crippen molar-refractivity contribution in [2.24, 2.45) is 0 Å². The third kappa shape index (κ3) is 3.26. The minimum absolute atomic E-state index is 0.0241. The molecule has 0 unspecified atom stereocenters. The molecule has 0 saturated carbocycles. The lowest BCUT2D eigenvalue weighted by molar-refractivity contribution is -0.385. The molecule has 0 spiro atoms. The number of nitro benzene ring substituents is 1. The number of halogens is 1. The zero-order chi connectivity index (χ0) is 17.1. The smallest absolute Gasteiger partial charge is 0.319 e. The van der Waals surface area contributed by atoms with Gasteiger partial charge in [-0.25, -0.2) is 0 Å². The Bertz CT molecular complexity index is 803. The maximum Gasteiger partial charge on any atom is 0.320 e. The highest BCUT2D eigenvalue weighted by atomic mass is 35.5. The molecule has 1 amide bonds. The van der Waals surface area contributed by atoms with Crippen molar-refractivity contribution in [3.05, 3.63) is 55.3 Å². The fourth-order valence-corrected chi connectivity index (χ4v) is 2.05. The number of anilines is 1. The summed E-state index contributed by atoms with van der Waals surface area (Å²) in [6.07, 6.45) is 0.966. The van der Waals surface area contributed by atoms with Gasteiger partial charge in [-0.3, -0.25) is 29.7 Å². The third-order valence-corrected chi connectivity index (χ3v) is 3.27. The van der Waals surface area contributed by atoms with E-state index < -0.39 is 21.4 Å². The number of aryl methyl sites for hydroxylation is 1. The summed E-state index contributed by atoms with van der Waals surface area (Å²) in [6.45, 7) is 1.90. The number of benzene rings is 1. The first-order valence-corrected chi connectivity index (χ1v) is 6.68. The van der Waals surface area contributed by atoms with Crippen molar-refractivity contribution >= 4 is 34.6 Å². The molecular weight excluding hydrogens is 330 g/mol. The number of carbonyl (C=O) groups excluding carboxylic acids is 1. The first-order chi connectivity index (χ1) is 10.8. The molecule has 120 valence electrons. The standard InChI is InChI=1S/C12H10ClN5O5/c1-2-16-11(10(6-14-16)18(22)23)12(19)15-9-5-7(17(20)21)3-4-8(9)13/h3-6H,2H2,1H3,(H,15,19). The van der Waals surface area contributed by atoms with Crippen molar-refractivity contribution in [2.75, 3.05) is 5.32 Å². The summed E-state index contributed by atoms with van der Waals surface area (Å²) >= 11 is 5.89. The zero-order valence-corrected chi connectivity index (χ0v) is 12.5. The first kappa shape index (κ1) is 16.4. The summed E-state index contributed by atoms with van der Waals surface area (Å²) in [4.78, 5) is 32.7. The van der Waals surface area contributed by atoms with Crippen LogP contribution in [0.2, 0.25) is 5.02 Å². The molecule has 0 atom stereocenters. The average Bonchev–Trinajstić information content (AvgIpc) is 2.93. The van der Waals surface area contributed by atoms with Crippen LogP contribution >= 0.6 is 11.6 Å². The van der Waals surface area contributed by atoms with Crippen LogP contribution in [0.5, 0.6) is 0 Å². The molecule has 0 aliphatic carbocycles. The predicted molar refractivity (Wildman–Crippen MR) is 80.6 cm³/mol. The fraction of sp³-hybridized carbons (Fsp3) is 0.167. The Hall–Kier alpha value is -3.01. The maximum absolute atomic E-state index is 12.3. The number of non-ortho nitro benzene ring substituents is 1. The molecule has 2 aromatic rings. The van der Waals surface area contributed by atoms with Crippen molar-refractivity contribution in [3.8, 4) is 0 Å². The van der Waals surface area contributed by atoms with Crippen LogP contribution in [-0.4, -0.2) is 25.5 Å². The van der Waals surface area contributed by atoms with Gasteiger partial charge in [0.05, 0.1) is 20.6 Å². The zero-order valence-electron chi connectivity index (χ0n) is 11.7. The molecule has 1 N–H and O–H groups in total. The van der Waals surface area contributed by atoms with Crippen LogP contribution in [0.4, 0.5) is 17.1 Å². The number of hydrogen-bond acceptors (Lipinski definition) is 6. The van der Waals surface area contributed by atoms with Crippen molar-refractivity contribution in [2.45, 2.75) is 13.5 Å². The number of amides is 1. The molecule has 0 aliphatic heterocycles. The van der Waals surface area contributed by atoms with E-state index in [-0.39, 0.29) is 28.6 Å². The predicted octanol–water partition coefficient (Wildman–Crippen LogP) is 2.63. The molecular formula is C12H10ClN5O5. The molecule has 0 aliphatic rings. The Morgan fingerprint density at radius 3 is 2.61 bits per heavy atom.